The molecule has 0 saturated heterocycles. The van der Waals surface area contributed by atoms with Gasteiger partial charge in [-0.3, -0.25) is 9.20 Å². The maximum absolute atomic E-state index is 11.7. The first-order valence-electron chi connectivity index (χ1n) is 5.27. The second-order valence-corrected chi connectivity index (χ2v) is 4.32. The van der Waals surface area contributed by atoms with E-state index in [4.69, 9.17) is 17.3 Å². The van der Waals surface area contributed by atoms with Crippen molar-refractivity contribution in [2.45, 2.75) is 0 Å². The lowest BCUT2D eigenvalue weighted by atomic mass is 10.2. The van der Waals surface area contributed by atoms with E-state index in [-0.39, 0.29) is 11.4 Å². The van der Waals surface area contributed by atoms with E-state index in [1.165, 1.54) is 10.5 Å². The Balaban J connectivity index is 2.22. The summed E-state index contributed by atoms with van der Waals surface area (Å²) in [7, 11) is 0. The third-order valence-electron chi connectivity index (χ3n) is 2.63. The highest BCUT2D eigenvalue weighted by molar-refractivity contribution is 6.30. The Labute approximate surface area is 107 Å². The molecule has 90 valence electrons. The molecule has 0 amide bonds. The highest BCUT2D eigenvalue weighted by Crippen LogP contribution is 2.20. The number of hydrogen-bond donors (Lipinski definition) is 2. The summed E-state index contributed by atoms with van der Waals surface area (Å²) in [5, 5.41) is 0.661. The molecule has 0 radical (unpaired) electrons. The van der Waals surface area contributed by atoms with Crippen LogP contribution in [0.5, 0.6) is 0 Å². The number of nitrogens with one attached hydrogen (secondary N) is 1. The van der Waals surface area contributed by atoms with Crippen molar-refractivity contribution < 1.29 is 0 Å². The molecular weight excluding hydrogens is 252 g/mol. The van der Waals surface area contributed by atoms with Crippen LogP contribution in [-0.2, 0) is 0 Å². The topological polar surface area (TPSA) is 76.2 Å². The van der Waals surface area contributed by atoms with Gasteiger partial charge in [-0.1, -0.05) is 23.7 Å². The van der Waals surface area contributed by atoms with Crippen molar-refractivity contribution >= 4 is 23.2 Å². The Bertz CT molecular complexity index is 773. The summed E-state index contributed by atoms with van der Waals surface area (Å²) in [4.78, 5) is 18.8. The summed E-state index contributed by atoms with van der Waals surface area (Å²) in [6.07, 6.45) is 1.69. The molecule has 3 aromatic rings. The number of halogens is 1. The second kappa shape index (κ2) is 3.89. The molecule has 0 aliphatic rings. The lowest BCUT2D eigenvalue weighted by Crippen LogP contribution is -2.12. The summed E-state index contributed by atoms with van der Waals surface area (Å²) in [5.41, 5.74) is 7.02. The predicted molar refractivity (Wildman–Crippen MR) is 70.7 cm³/mol. The number of nitrogens with two attached hydrogens (primary N) is 1. The van der Waals surface area contributed by atoms with E-state index in [2.05, 4.69) is 9.97 Å². The predicted octanol–water partition coefficient (Wildman–Crippen LogP) is 1.93. The fourth-order valence-electron chi connectivity index (χ4n) is 1.78. The number of nitrogen functional groups attached to an aromatic ring is 1. The Morgan fingerprint density at radius 2 is 2.00 bits per heavy atom. The van der Waals surface area contributed by atoms with Gasteiger partial charge in [0.25, 0.3) is 5.56 Å². The summed E-state index contributed by atoms with van der Waals surface area (Å²) < 4.78 is 1.42. The molecule has 2 aromatic heterocycles. The maximum Gasteiger partial charge on any atom is 0.261 e. The standard InChI is InChI=1S/C12H9ClN4O/c13-8-3-1-7(2-4-8)9-6-17-11(18)5-10(14)16-12(17)15-9/h1-6H,14H2,(H,15,16). The highest BCUT2D eigenvalue weighted by atomic mass is 35.5. The molecule has 0 aliphatic heterocycles. The van der Waals surface area contributed by atoms with E-state index in [0.29, 0.717) is 10.8 Å². The van der Waals surface area contributed by atoms with Crippen molar-refractivity contribution in [2.24, 2.45) is 0 Å². The van der Waals surface area contributed by atoms with Gasteiger partial charge >= 0.3 is 0 Å². The molecule has 0 bridgehead atoms. The van der Waals surface area contributed by atoms with Gasteiger partial charge < -0.3 is 10.7 Å². The number of aromatic amines is 1. The molecule has 0 spiro atoms. The number of aromatic nitrogens is 3. The number of hydrogen-bond acceptors (Lipinski definition) is 3. The number of benzene rings is 1. The fraction of sp³-hybridized carbons (Fsp3) is 0. The van der Waals surface area contributed by atoms with Crippen LogP contribution in [0.1, 0.15) is 0 Å². The number of anilines is 1. The number of nitrogens with zero attached hydrogens (tertiary/aromatic N) is 2. The van der Waals surface area contributed by atoms with Crippen LogP contribution in [0.3, 0.4) is 0 Å². The molecule has 0 aliphatic carbocycles. The molecule has 0 fully saturated rings. The lowest BCUT2D eigenvalue weighted by molar-refractivity contribution is 1.06. The van der Waals surface area contributed by atoms with Crippen molar-refractivity contribution in [1.29, 1.82) is 0 Å². The fourth-order valence-corrected chi connectivity index (χ4v) is 1.91. The first-order valence-corrected chi connectivity index (χ1v) is 5.65. The number of rotatable bonds is 1. The van der Waals surface area contributed by atoms with Gasteiger partial charge in [-0.05, 0) is 17.7 Å². The zero-order valence-electron chi connectivity index (χ0n) is 9.22. The normalized spacial score (nSPS) is 10.9. The van der Waals surface area contributed by atoms with Crippen LogP contribution in [0, 0.1) is 0 Å². The smallest absolute Gasteiger partial charge is 0.261 e. The first-order chi connectivity index (χ1) is 8.63. The van der Waals surface area contributed by atoms with Gasteiger partial charge in [0.2, 0.25) is 5.78 Å². The average molecular weight is 261 g/mol. The second-order valence-electron chi connectivity index (χ2n) is 3.89. The molecule has 1 aromatic carbocycles. The molecule has 0 saturated carbocycles. The minimum Gasteiger partial charge on any atom is -0.383 e. The summed E-state index contributed by atoms with van der Waals surface area (Å²) in [5.74, 6) is 0.620. The summed E-state index contributed by atoms with van der Waals surface area (Å²) >= 11 is 5.83. The molecule has 0 atom stereocenters. The van der Waals surface area contributed by atoms with Crippen LogP contribution in [0.2, 0.25) is 5.02 Å². The third kappa shape index (κ3) is 1.74. The van der Waals surface area contributed by atoms with E-state index in [0.717, 1.165) is 11.3 Å². The van der Waals surface area contributed by atoms with Crippen molar-refractivity contribution in [1.82, 2.24) is 14.4 Å². The largest absolute Gasteiger partial charge is 0.383 e. The van der Waals surface area contributed by atoms with Gasteiger partial charge in [-0.2, -0.15) is 4.98 Å². The summed E-state index contributed by atoms with van der Waals surface area (Å²) in [6.45, 7) is 0. The van der Waals surface area contributed by atoms with E-state index in [9.17, 15) is 4.79 Å². The van der Waals surface area contributed by atoms with E-state index >= 15 is 0 Å². The SMILES string of the molecule is Nc1cc(=O)n2cc(-c3ccc(Cl)cc3)[nH]c2n1. The van der Waals surface area contributed by atoms with E-state index in [1.54, 1.807) is 18.3 Å². The minimum absolute atomic E-state index is 0.199. The quantitative estimate of drug-likeness (QED) is 0.702. The van der Waals surface area contributed by atoms with Gasteiger partial charge in [0.1, 0.15) is 5.82 Å². The highest BCUT2D eigenvalue weighted by Gasteiger charge is 2.06. The molecule has 2 heterocycles. The lowest BCUT2D eigenvalue weighted by Gasteiger charge is -1.96. The third-order valence-corrected chi connectivity index (χ3v) is 2.88. The average Bonchev–Trinajstić information content (AvgIpc) is 2.74. The van der Waals surface area contributed by atoms with Crippen molar-refractivity contribution in [3.63, 3.8) is 0 Å². The number of fused-ring (bicyclic) bond motifs is 1. The van der Waals surface area contributed by atoms with Crippen LogP contribution in [0.25, 0.3) is 17.0 Å². The van der Waals surface area contributed by atoms with Gasteiger partial charge in [-0.25, -0.2) is 0 Å². The first kappa shape index (κ1) is 10.9. The van der Waals surface area contributed by atoms with Crippen LogP contribution in [-0.4, -0.2) is 14.4 Å². The van der Waals surface area contributed by atoms with Crippen LogP contribution < -0.4 is 11.3 Å². The molecular formula is C12H9ClN4O. The van der Waals surface area contributed by atoms with Crippen molar-refractivity contribution in [2.75, 3.05) is 5.73 Å². The van der Waals surface area contributed by atoms with Gasteiger partial charge in [0.05, 0.1) is 5.69 Å². The Kier molecular flexibility index (Phi) is 2.34. The van der Waals surface area contributed by atoms with Crippen molar-refractivity contribution in [3.8, 4) is 11.3 Å². The van der Waals surface area contributed by atoms with E-state index < -0.39 is 0 Å². The van der Waals surface area contributed by atoms with Gasteiger partial charge in [-0.15, -0.1) is 0 Å². The Morgan fingerprint density at radius 3 is 2.72 bits per heavy atom. The number of imidazole rings is 1. The maximum atomic E-state index is 11.7. The molecule has 3 N–H and O–H groups in total. The van der Waals surface area contributed by atoms with Crippen LogP contribution in [0.15, 0.2) is 41.3 Å². The van der Waals surface area contributed by atoms with Crippen LogP contribution >= 0.6 is 11.6 Å². The van der Waals surface area contributed by atoms with Crippen LogP contribution in [0.4, 0.5) is 5.82 Å². The van der Waals surface area contributed by atoms with E-state index in [1.807, 2.05) is 12.1 Å². The zero-order chi connectivity index (χ0) is 12.7. The zero-order valence-corrected chi connectivity index (χ0v) is 9.98. The number of H-pyrrole nitrogens is 1. The minimum atomic E-state index is -0.214. The monoisotopic (exact) mass is 260 g/mol. The molecule has 6 heteroatoms. The molecule has 5 nitrogen and oxygen atoms in total. The van der Waals surface area contributed by atoms with Gasteiger partial charge in [0, 0.05) is 17.3 Å². The summed E-state index contributed by atoms with van der Waals surface area (Å²) in [6, 6.07) is 8.58. The Hall–Kier alpha value is -2.27. The Morgan fingerprint density at radius 1 is 1.28 bits per heavy atom. The molecule has 3 rings (SSSR count). The van der Waals surface area contributed by atoms with Gasteiger partial charge in [0.15, 0.2) is 0 Å². The molecule has 18 heavy (non-hydrogen) atoms. The molecule has 0 unspecified atom stereocenters. The van der Waals surface area contributed by atoms with Crippen molar-refractivity contribution in [3.05, 3.63) is 51.9 Å².